The summed E-state index contributed by atoms with van der Waals surface area (Å²) >= 11 is 0. The number of pyridine rings is 1. The van der Waals surface area contributed by atoms with Crippen LogP contribution in [0.5, 0.6) is 5.75 Å². The summed E-state index contributed by atoms with van der Waals surface area (Å²) in [6, 6.07) is 19.0. The van der Waals surface area contributed by atoms with Gasteiger partial charge >= 0.3 is 0 Å². The average molecular weight is 422 g/mol. The number of ether oxygens (including phenoxy) is 2. The second-order valence-corrected chi connectivity index (χ2v) is 7.60. The van der Waals surface area contributed by atoms with E-state index in [4.69, 9.17) is 9.47 Å². The van der Waals surface area contributed by atoms with Gasteiger partial charge in [0.25, 0.3) is 0 Å². The summed E-state index contributed by atoms with van der Waals surface area (Å²) in [4.78, 5) is 6.53. The second kappa shape index (κ2) is 11.0. The normalized spacial score (nSPS) is 15.5. The van der Waals surface area contributed by atoms with E-state index in [1.165, 1.54) is 12.1 Å². The maximum Gasteiger partial charge on any atom is 0.124 e. The topological polar surface area (TPSA) is 46.6 Å². The fraction of sp³-hybridized carbons (Fsp3) is 0.320. The number of rotatable bonds is 9. The Hall–Kier alpha value is -2.80. The molecule has 0 saturated carbocycles. The molecule has 0 spiro atoms. The third-order valence-electron chi connectivity index (χ3n) is 5.48. The first-order valence-corrected chi connectivity index (χ1v) is 10.7. The number of morpholine rings is 1. The Morgan fingerprint density at radius 3 is 2.61 bits per heavy atom. The molecule has 0 amide bonds. The number of nitrogens with zero attached hydrogens (tertiary/aromatic N) is 2. The van der Waals surface area contributed by atoms with Crippen molar-refractivity contribution < 1.29 is 13.9 Å². The number of nitrogens with one attached hydrogen (secondary N) is 1. The molecule has 1 aromatic heterocycles. The first-order valence-electron chi connectivity index (χ1n) is 10.7. The molecule has 31 heavy (non-hydrogen) atoms. The lowest BCUT2D eigenvalue weighted by Gasteiger charge is -2.35. The molecular weight excluding hydrogens is 393 g/mol. The molecule has 1 saturated heterocycles. The summed E-state index contributed by atoms with van der Waals surface area (Å²) in [7, 11) is 0. The van der Waals surface area contributed by atoms with Crippen molar-refractivity contribution in [2.75, 3.05) is 32.8 Å². The quantitative estimate of drug-likeness (QED) is 0.567. The predicted octanol–water partition coefficient (Wildman–Crippen LogP) is 3.96. The number of hydrogen-bond donors (Lipinski definition) is 1. The molecule has 5 nitrogen and oxygen atoms in total. The van der Waals surface area contributed by atoms with Crippen LogP contribution in [0.4, 0.5) is 4.39 Å². The van der Waals surface area contributed by atoms with Gasteiger partial charge in [-0.3, -0.25) is 9.88 Å². The van der Waals surface area contributed by atoms with E-state index in [1.54, 1.807) is 6.20 Å². The third kappa shape index (κ3) is 6.10. The fourth-order valence-electron chi connectivity index (χ4n) is 3.81. The maximum absolute atomic E-state index is 13.4. The highest BCUT2D eigenvalue weighted by molar-refractivity contribution is 5.33. The Morgan fingerprint density at radius 2 is 1.84 bits per heavy atom. The van der Waals surface area contributed by atoms with E-state index in [0.717, 1.165) is 55.3 Å². The number of hydrogen-bond acceptors (Lipinski definition) is 5. The van der Waals surface area contributed by atoms with Crippen molar-refractivity contribution in [3.05, 3.63) is 95.6 Å². The van der Waals surface area contributed by atoms with Crippen molar-refractivity contribution in [3.8, 4) is 5.75 Å². The zero-order valence-corrected chi connectivity index (χ0v) is 17.5. The summed E-state index contributed by atoms with van der Waals surface area (Å²) in [5, 5.41) is 3.58. The van der Waals surface area contributed by atoms with E-state index in [9.17, 15) is 4.39 Å². The van der Waals surface area contributed by atoms with Gasteiger partial charge in [0.15, 0.2) is 0 Å². The van der Waals surface area contributed by atoms with Gasteiger partial charge in [0.1, 0.15) is 18.2 Å². The van der Waals surface area contributed by atoms with Gasteiger partial charge in [-0.05, 0) is 29.8 Å². The summed E-state index contributed by atoms with van der Waals surface area (Å²) in [6.07, 6.45) is 3.57. The van der Waals surface area contributed by atoms with Crippen molar-refractivity contribution >= 4 is 0 Å². The van der Waals surface area contributed by atoms with Gasteiger partial charge in [0, 0.05) is 55.7 Å². The minimum atomic E-state index is -0.211. The molecule has 2 heterocycles. The number of halogens is 1. The molecule has 1 N–H and O–H groups in total. The highest BCUT2D eigenvalue weighted by Crippen LogP contribution is 2.23. The molecule has 1 atom stereocenters. The van der Waals surface area contributed by atoms with E-state index in [0.29, 0.717) is 13.2 Å². The Morgan fingerprint density at radius 1 is 1.03 bits per heavy atom. The molecule has 0 bridgehead atoms. The lowest BCUT2D eigenvalue weighted by Crippen LogP contribution is -2.42. The first-order chi connectivity index (χ1) is 15.3. The highest BCUT2D eigenvalue weighted by atomic mass is 19.1. The van der Waals surface area contributed by atoms with E-state index in [-0.39, 0.29) is 11.9 Å². The van der Waals surface area contributed by atoms with Crippen molar-refractivity contribution in [3.63, 3.8) is 0 Å². The summed E-state index contributed by atoms with van der Waals surface area (Å²) in [6.45, 7) is 5.11. The van der Waals surface area contributed by atoms with Gasteiger partial charge in [-0.15, -0.1) is 0 Å². The summed E-state index contributed by atoms with van der Waals surface area (Å²) < 4.78 is 25.0. The molecule has 2 aromatic carbocycles. The van der Waals surface area contributed by atoms with Crippen molar-refractivity contribution in [1.82, 2.24) is 15.2 Å². The van der Waals surface area contributed by atoms with Crippen LogP contribution in [0.1, 0.15) is 22.7 Å². The fourth-order valence-corrected chi connectivity index (χ4v) is 3.81. The summed E-state index contributed by atoms with van der Waals surface area (Å²) in [5.74, 6) is 0.653. The smallest absolute Gasteiger partial charge is 0.124 e. The van der Waals surface area contributed by atoms with Gasteiger partial charge in [0.05, 0.1) is 13.2 Å². The van der Waals surface area contributed by atoms with Crippen LogP contribution in [-0.4, -0.2) is 42.7 Å². The molecule has 6 heteroatoms. The van der Waals surface area contributed by atoms with Crippen LogP contribution in [0.15, 0.2) is 73.1 Å². The maximum atomic E-state index is 13.4. The van der Waals surface area contributed by atoms with E-state index in [2.05, 4.69) is 21.3 Å². The van der Waals surface area contributed by atoms with E-state index in [1.807, 2.05) is 48.7 Å². The molecule has 162 valence electrons. The number of para-hydroxylation sites is 1. The predicted molar refractivity (Wildman–Crippen MR) is 118 cm³/mol. The van der Waals surface area contributed by atoms with Crippen LogP contribution < -0.4 is 10.1 Å². The van der Waals surface area contributed by atoms with Crippen molar-refractivity contribution in [2.24, 2.45) is 0 Å². The van der Waals surface area contributed by atoms with Gasteiger partial charge in [-0.1, -0.05) is 36.4 Å². The van der Waals surface area contributed by atoms with Gasteiger partial charge < -0.3 is 14.8 Å². The molecule has 3 aromatic rings. The van der Waals surface area contributed by atoms with Crippen LogP contribution >= 0.6 is 0 Å². The van der Waals surface area contributed by atoms with E-state index >= 15 is 0 Å². The molecule has 0 unspecified atom stereocenters. The molecule has 1 aliphatic rings. The SMILES string of the molecule is Fc1ccc([C@H](CNCc2ccccc2OCc2cccnc2)N2CCOCC2)cc1. The van der Waals surface area contributed by atoms with Crippen LogP contribution in [0.3, 0.4) is 0 Å². The van der Waals surface area contributed by atoms with Gasteiger partial charge in [-0.2, -0.15) is 0 Å². The second-order valence-electron chi connectivity index (χ2n) is 7.60. The monoisotopic (exact) mass is 421 g/mol. The van der Waals surface area contributed by atoms with Gasteiger partial charge in [0.2, 0.25) is 0 Å². The molecule has 0 radical (unpaired) electrons. The Labute approximate surface area is 182 Å². The van der Waals surface area contributed by atoms with Crippen molar-refractivity contribution in [2.45, 2.75) is 19.2 Å². The Kier molecular flexibility index (Phi) is 7.60. The first kappa shape index (κ1) is 21.4. The van der Waals surface area contributed by atoms with Crippen LogP contribution in [0, 0.1) is 5.82 Å². The number of aromatic nitrogens is 1. The minimum absolute atomic E-state index is 0.160. The Bertz CT molecular complexity index is 931. The highest BCUT2D eigenvalue weighted by Gasteiger charge is 2.22. The standard InChI is InChI=1S/C25H28FN3O2/c26-23-9-7-21(8-10-23)24(29-12-14-30-15-13-29)18-28-17-22-5-1-2-6-25(22)31-19-20-4-3-11-27-16-20/h1-11,16,24,28H,12-15,17-19H2/t24-/m0/s1. The van der Waals surface area contributed by atoms with Crippen LogP contribution in [-0.2, 0) is 17.9 Å². The average Bonchev–Trinajstić information content (AvgIpc) is 2.83. The lowest BCUT2D eigenvalue weighted by atomic mass is 10.0. The molecular formula is C25H28FN3O2. The van der Waals surface area contributed by atoms with E-state index < -0.39 is 0 Å². The summed E-state index contributed by atoms with van der Waals surface area (Å²) in [5.41, 5.74) is 3.25. The zero-order chi connectivity index (χ0) is 21.3. The third-order valence-corrected chi connectivity index (χ3v) is 5.48. The van der Waals surface area contributed by atoms with Crippen molar-refractivity contribution in [1.29, 1.82) is 0 Å². The number of benzene rings is 2. The largest absolute Gasteiger partial charge is 0.489 e. The lowest BCUT2D eigenvalue weighted by molar-refractivity contribution is 0.0161. The minimum Gasteiger partial charge on any atom is -0.489 e. The molecule has 1 fully saturated rings. The molecule has 1 aliphatic heterocycles. The van der Waals surface area contributed by atoms with Gasteiger partial charge in [-0.25, -0.2) is 4.39 Å². The zero-order valence-electron chi connectivity index (χ0n) is 17.5. The molecule has 4 rings (SSSR count). The van der Waals surface area contributed by atoms with Crippen LogP contribution in [0.25, 0.3) is 0 Å². The Balaban J connectivity index is 1.39. The molecule has 0 aliphatic carbocycles. The van der Waals surface area contributed by atoms with Crippen LogP contribution in [0.2, 0.25) is 0 Å².